The second-order valence-electron chi connectivity index (χ2n) is 5.72. The number of ketones is 1. The van der Waals surface area contributed by atoms with Crippen LogP contribution in [0.25, 0.3) is 0 Å². The monoisotopic (exact) mass is 346 g/mol. The standard InChI is InChI=1S/C18H19FN2O4/c1-9-15(11(3)22)10(2)20-16(9)18(24)25-12(4)17(23)21-14-7-5-13(19)6-8-14/h5-8,12,20H,1-4H3,(H,21,23)/t12-/m1/s1. The molecule has 0 spiro atoms. The fraction of sp³-hybridized carbons (Fsp3) is 0.278. The third-order valence-electron chi connectivity index (χ3n) is 3.76. The van der Waals surface area contributed by atoms with Gasteiger partial charge < -0.3 is 15.0 Å². The van der Waals surface area contributed by atoms with Crippen molar-refractivity contribution in [2.75, 3.05) is 5.32 Å². The number of aromatic amines is 1. The van der Waals surface area contributed by atoms with E-state index in [9.17, 15) is 18.8 Å². The summed E-state index contributed by atoms with van der Waals surface area (Å²) in [5.74, 6) is -1.86. The highest BCUT2D eigenvalue weighted by atomic mass is 19.1. The number of halogens is 1. The van der Waals surface area contributed by atoms with Crippen molar-refractivity contribution in [2.45, 2.75) is 33.8 Å². The summed E-state index contributed by atoms with van der Waals surface area (Å²) in [6, 6.07) is 5.22. The van der Waals surface area contributed by atoms with Crippen LogP contribution in [0, 0.1) is 19.7 Å². The number of amides is 1. The van der Waals surface area contributed by atoms with E-state index >= 15 is 0 Å². The molecule has 0 aliphatic heterocycles. The van der Waals surface area contributed by atoms with Gasteiger partial charge in [-0.05, 0) is 57.5 Å². The molecule has 0 fully saturated rings. The Hall–Kier alpha value is -2.96. The molecule has 1 aromatic heterocycles. The van der Waals surface area contributed by atoms with Gasteiger partial charge in [-0.25, -0.2) is 9.18 Å². The zero-order valence-electron chi connectivity index (χ0n) is 14.4. The maximum atomic E-state index is 12.9. The van der Waals surface area contributed by atoms with E-state index < -0.39 is 23.8 Å². The van der Waals surface area contributed by atoms with Gasteiger partial charge in [-0.15, -0.1) is 0 Å². The second-order valence-corrected chi connectivity index (χ2v) is 5.72. The first-order chi connectivity index (χ1) is 11.7. The highest BCUT2D eigenvalue weighted by Gasteiger charge is 2.24. The molecule has 1 amide bonds. The van der Waals surface area contributed by atoms with E-state index in [0.717, 1.165) is 0 Å². The normalized spacial score (nSPS) is 11.7. The molecule has 0 aliphatic carbocycles. The molecule has 0 unspecified atom stereocenters. The molecule has 0 saturated heterocycles. The number of H-pyrrole nitrogens is 1. The topological polar surface area (TPSA) is 88.3 Å². The molecule has 2 N–H and O–H groups in total. The predicted molar refractivity (Wildman–Crippen MR) is 90.2 cm³/mol. The van der Waals surface area contributed by atoms with E-state index in [-0.39, 0.29) is 11.5 Å². The molecule has 1 aromatic carbocycles. The Balaban J connectivity index is 2.07. The largest absolute Gasteiger partial charge is 0.448 e. The molecule has 6 nitrogen and oxygen atoms in total. The van der Waals surface area contributed by atoms with E-state index in [0.29, 0.717) is 22.5 Å². The number of hydrogen-bond donors (Lipinski definition) is 2. The predicted octanol–water partition coefficient (Wildman–Crippen LogP) is 3.16. The third-order valence-corrected chi connectivity index (χ3v) is 3.76. The van der Waals surface area contributed by atoms with Crippen LogP contribution < -0.4 is 5.32 Å². The van der Waals surface area contributed by atoms with E-state index in [2.05, 4.69) is 10.3 Å². The van der Waals surface area contributed by atoms with Gasteiger partial charge >= 0.3 is 5.97 Å². The first-order valence-electron chi connectivity index (χ1n) is 7.68. The Bertz CT molecular complexity index is 824. The van der Waals surface area contributed by atoms with Crippen molar-refractivity contribution in [3.63, 3.8) is 0 Å². The van der Waals surface area contributed by atoms with Crippen LogP contribution in [0.1, 0.15) is 46.0 Å². The minimum absolute atomic E-state index is 0.143. The third kappa shape index (κ3) is 4.12. The molecule has 7 heteroatoms. The van der Waals surface area contributed by atoms with Gasteiger partial charge in [-0.3, -0.25) is 9.59 Å². The van der Waals surface area contributed by atoms with Gasteiger partial charge in [-0.1, -0.05) is 0 Å². The number of aromatic nitrogens is 1. The molecule has 2 aromatic rings. The highest BCUT2D eigenvalue weighted by Crippen LogP contribution is 2.20. The van der Waals surface area contributed by atoms with Crippen LogP contribution in [0.2, 0.25) is 0 Å². The molecule has 2 rings (SSSR count). The van der Waals surface area contributed by atoms with Crippen LogP contribution in [0.3, 0.4) is 0 Å². The van der Waals surface area contributed by atoms with Crippen molar-refractivity contribution >= 4 is 23.3 Å². The number of ether oxygens (including phenoxy) is 1. The van der Waals surface area contributed by atoms with Gasteiger partial charge in [0.2, 0.25) is 0 Å². The Morgan fingerprint density at radius 1 is 1.16 bits per heavy atom. The summed E-state index contributed by atoms with van der Waals surface area (Å²) in [6.45, 7) is 6.16. The molecule has 1 heterocycles. The number of aryl methyl sites for hydroxylation is 1. The summed E-state index contributed by atoms with van der Waals surface area (Å²) < 4.78 is 18.0. The lowest BCUT2D eigenvalue weighted by Gasteiger charge is -2.13. The molecular weight excluding hydrogens is 327 g/mol. The molecule has 0 saturated carbocycles. The summed E-state index contributed by atoms with van der Waals surface area (Å²) in [5, 5.41) is 2.53. The summed E-state index contributed by atoms with van der Waals surface area (Å²) in [4.78, 5) is 38.8. The van der Waals surface area contributed by atoms with Crippen molar-refractivity contribution in [1.29, 1.82) is 0 Å². The minimum atomic E-state index is -1.07. The number of carbonyl (C=O) groups excluding carboxylic acids is 3. The summed E-state index contributed by atoms with van der Waals surface area (Å²) in [5.41, 5.74) is 2.03. The van der Waals surface area contributed by atoms with E-state index in [1.165, 1.54) is 38.1 Å². The highest BCUT2D eigenvalue weighted by molar-refractivity contribution is 6.02. The van der Waals surface area contributed by atoms with E-state index in [1.54, 1.807) is 13.8 Å². The Labute approximate surface area is 144 Å². The van der Waals surface area contributed by atoms with Crippen LogP contribution in [-0.4, -0.2) is 28.7 Å². The Kier molecular flexibility index (Phi) is 5.36. The zero-order valence-corrected chi connectivity index (χ0v) is 14.4. The lowest BCUT2D eigenvalue weighted by Crippen LogP contribution is -2.30. The van der Waals surface area contributed by atoms with Crippen molar-refractivity contribution in [1.82, 2.24) is 4.98 Å². The van der Waals surface area contributed by atoms with Crippen LogP contribution >= 0.6 is 0 Å². The van der Waals surface area contributed by atoms with Crippen LogP contribution in [0.5, 0.6) is 0 Å². The average molecular weight is 346 g/mol. The summed E-state index contributed by atoms with van der Waals surface area (Å²) in [6.07, 6.45) is -1.07. The fourth-order valence-corrected chi connectivity index (χ4v) is 2.53. The van der Waals surface area contributed by atoms with E-state index in [1.807, 2.05) is 0 Å². The van der Waals surface area contributed by atoms with Crippen LogP contribution in [-0.2, 0) is 9.53 Å². The van der Waals surface area contributed by atoms with Crippen molar-refractivity contribution in [2.24, 2.45) is 0 Å². The van der Waals surface area contributed by atoms with Gasteiger partial charge in [0, 0.05) is 16.9 Å². The van der Waals surface area contributed by atoms with E-state index in [4.69, 9.17) is 4.74 Å². The second kappa shape index (κ2) is 7.29. The number of hydrogen-bond acceptors (Lipinski definition) is 4. The molecule has 0 bridgehead atoms. The SMILES string of the molecule is CC(=O)c1c(C)[nH]c(C(=O)O[C@H](C)C(=O)Nc2ccc(F)cc2)c1C. The van der Waals surface area contributed by atoms with Gasteiger partial charge in [0.25, 0.3) is 5.91 Å². The van der Waals surface area contributed by atoms with Gasteiger partial charge in [-0.2, -0.15) is 0 Å². The Morgan fingerprint density at radius 3 is 2.28 bits per heavy atom. The summed E-state index contributed by atoms with van der Waals surface area (Å²) >= 11 is 0. The Morgan fingerprint density at radius 2 is 1.76 bits per heavy atom. The van der Waals surface area contributed by atoms with Crippen molar-refractivity contribution in [3.05, 3.63) is 52.6 Å². The lowest BCUT2D eigenvalue weighted by molar-refractivity contribution is -0.123. The number of benzene rings is 1. The molecule has 0 radical (unpaired) electrons. The van der Waals surface area contributed by atoms with Crippen molar-refractivity contribution in [3.8, 4) is 0 Å². The maximum Gasteiger partial charge on any atom is 0.355 e. The number of nitrogens with one attached hydrogen (secondary N) is 2. The smallest absolute Gasteiger partial charge is 0.355 e. The first kappa shape index (κ1) is 18.4. The number of esters is 1. The quantitative estimate of drug-likeness (QED) is 0.643. The molecule has 1 atom stereocenters. The first-order valence-corrected chi connectivity index (χ1v) is 7.68. The number of rotatable bonds is 5. The maximum absolute atomic E-state index is 12.9. The number of anilines is 1. The zero-order chi connectivity index (χ0) is 18.7. The molecule has 0 aliphatic rings. The summed E-state index contributed by atoms with van der Waals surface area (Å²) in [7, 11) is 0. The van der Waals surface area contributed by atoms with Crippen LogP contribution in [0.15, 0.2) is 24.3 Å². The average Bonchev–Trinajstić information content (AvgIpc) is 2.84. The molecular formula is C18H19FN2O4. The van der Waals surface area contributed by atoms with Crippen LogP contribution in [0.4, 0.5) is 10.1 Å². The molecule has 25 heavy (non-hydrogen) atoms. The minimum Gasteiger partial charge on any atom is -0.448 e. The number of carbonyl (C=O) groups is 3. The number of Topliss-reactive ketones (excluding diaryl/α,β-unsaturated/α-hetero) is 1. The van der Waals surface area contributed by atoms with Gasteiger partial charge in [0.15, 0.2) is 11.9 Å². The van der Waals surface area contributed by atoms with Gasteiger partial charge in [0.1, 0.15) is 11.5 Å². The lowest BCUT2D eigenvalue weighted by atomic mass is 10.1. The fourth-order valence-electron chi connectivity index (χ4n) is 2.53. The van der Waals surface area contributed by atoms with Crippen molar-refractivity contribution < 1.29 is 23.5 Å². The van der Waals surface area contributed by atoms with Gasteiger partial charge in [0.05, 0.1) is 0 Å². The molecule has 132 valence electrons.